The summed E-state index contributed by atoms with van der Waals surface area (Å²) in [5.41, 5.74) is 2.86. The third kappa shape index (κ3) is 5.39. The minimum absolute atomic E-state index is 0.0133. The fourth-order valence-corrected chi connectivity index (χ4v) is 3.51. The van der Waals surface area contributed by atoms with Crippen LogP contribution in [0.1, 0.15) is 11.1 Å². The second kappa shape index (κ2) is 10.7. The quantitative estimate of drug-likeness (QED) is 0.485. The molecule has 1 amide bonds. The van der Waals surface area contributed by atoms with Gasteiger partial charge in [0.1, 0.15) is 0 Å². The maximum absolute atomic E-state index is 12.8. The van der Waals surface area contributed by atoms with Gasteiger partial charge < -0.3 is 19.1 Å². The fourth-order valence-electron chi connectivity index (χ4n) is 3.51. The van der Waals surface area contributed by atoms with Gasteiger partial charge in [-0.3, -0.25) is 9.69 Å². The maximum atomic E-state index is 12.8. The minimum atomic E-state index is 0.0133. The van der Waals surface area contributed by atoms with Crippen LogP contribution in [0.2, 0.25) is 0 Å². The van der Waals surface area contributed by atoms with Gasteiger partial charge in [-0.1, -0.05) is 24.3 Å². The molecule has 3 aromatic rings. The van der Waals surface area contributed by atoms with Gasteiger partial charge >= 0.3 is 0 Å². The van der Waals surface area contributed by atoms with Crippen molar-refractivity contribution in [1.82, 2.24) is 19.6 Å². The smallest absolute Gasteiger partial charge is 0.236 e. The van der Waals surface area contributed by atoms with Gasteiger partial charge in [-0.2, -0.15) is 5.10 Å². The number of carbonyl (C=O) groups excluding carboxylic acids is 1. The molecule has 1 aromatic heterocycles. The van der Waals surface area contributed by atoms with Crippen molar-refractivity contribution in [3.05, 3.63) is 66.0 Å². The molecule has 0 atom stereocenters. The Hall–Kier alpha value is -3.52. The van der Waals surface area contributed by atoms with E-state index in [-0.39, 0.29) is 12.5 Å². The largest absolute Gasteiger partial charge is 0.493 e. The third-order valence-corrected chi connectivity index (χ3v) is 5.13. The Bertz CT molecular complexity index is 1040. The lowest BCUT2D eigenvalue weighted by Gasteiger charge is -2.23. The summed E-state index contributed by atoms with van der Waals surface area (Å²) in [6, 6.07) is 13.6. The van der Waals surface area contributed by atoms with Crippen molar-refractivity contribution in [2.45, 2.75) is 13.1 Å². The molecule has 2 aromatic carbocycles. The van der Waals surface area contributed by atoms with E-state index in [2.05, 4.69) is 5.10 Å². The lowest BCUT2D eigenvalue weighted by atomic mass is 10.1. The number of aromatic nitrogens is 2. The minimum Gasteiger partial charge on any atom is -0.493 e. The monoisotopic (exact) mass is 438 g/mol. The zero-order valence-corrected chi connectivity index (χ0v) is 19.2. The molecule has 32 heavy (non-hydrogen) atoms. The Morgan fingerprint density at radius 1 is 0.938 bits per heavy atom. The van der Waals surface area contributed by atoms with Crippen LogP contribution in [0, 0.1) is 0 Å². The van der Waals surface area contributed by atoms with Gasteiger partial charge in [-0.15, -0.1) is 0 Å². The van der Waals surface area contributed by atoms with Crippen molar-refractivity contribution < 1.29 is 19.0 Å². The molecule has 1 heterocycles. The number of ether oxygens (including phenoxy) is 3. The van der Waals surface area contributed by atoms with Gasteiger partial charge in [0.2, 0.25) is 11.7 Å². The molecule has 3 rings (SSSR count). The molecule has 8 nitrogen and oxygen atoms in total. The molecule has 0 N–H and O–H groups in total. The van der Waals surface area contributed by atoms with Crippen molar-refractivity contribution in [1.29, 1.82) is 0 Å². The molecule has 170 valence electrons. The van der Waals surface area contributed by atoms with E-state index in [9.17, 15) is 4.79 Å². The zero-order valence-electron chi connectivity index (χ0n) is 19.2. The van der Waals surface area contributed by atoms with Crippen LogP contribution >= 0.6 is 0 Å². The summed E-state index contributed by atoms with van der Waals surface area (Å²) in [6.45, 7) is 1.27. The Labute approximate surface area is 188 Å². The molecule has 0 spiro atoms. The molecule has 0 radical (unpaired) electrons. The first-order valence-corrected chi connectivity index (χ1v) is 10.3. The number of likely N-dealkylation sites (N-methyl/N-ethyl adjacent to an activating group) is 2. The topological polar surface area (TPSA) is 69.1 Å². The second-order valence-corrected chi connectivity index (χ2v) is 7.54. The lowest BCUT2D eigenvalue weighted by molar-refractivity contribution is -0.131. The molecule has 0 saturated carbocycles. The second-order valence-electron chi connectivity index (χ2n) is 7.54. The van der Waals surface area contributed by atoms with Crippen molar-refractivity contribution in [3.63, 3.8) is 0 Å². The summed E-state index contributed by atoms with van der Waals surface area (Å²) in [5, 5.41) is 4.40. The van der Waals surface area contributed by atoms with E-state index in [1.807, 2.05) is 65.3 Å². The number of para-hydroxylation sites is 1. The van der Waals surface area contributed by atoms with Crippen LogP contribution in [0.4, 0.5) is 0 Å². The maximum Gasteiger partial charge on any atom is 0.236 e. The zero-order chi connectivity index (χ0) is 23.1. The highest BCUT2D eigenvalue weighted by molar-refractivity contribution is 5.78. The lowest BCUT2D eigenvalue weighted by Crippen LogP contribution is -2.36. The van der Waals surface area contributed by atoms with E-state index in [0.717, 1.165) is 16.8 Å². The highest BCUT2D eigenvalue weighted by Gasteiger charge is 2.19. The molecular weight excluding hydrogens is 408 g/mol. The average molecular weight is 439 g/mol. The Balaban J connectivity index is 1.60. The SMILES string of the molecule is COc1ccc(CN(C)CC(=O)N(C)Cc2cnn(-c3ccccc3)c2)c(OC)c1OC. The van der Waals surface area contributed by atoms with Crippen LogP contribution < -0.4 is 14.2 Å². The van der Waals surface area contributed by atoms with Crippen molar-refractivity contribution in [3.8, 4) is 22.9 Å². The first-order valence-electron chi connectivity index (χ1n) is 10.3. The van der Waals surface area contributed by atoms with Crippen molar-refractivity contribution in [2.75, 3.05) is 42.0 Å². The summed E-state index contributed by atoms with van der Waals surface area (Å²) >= 11 is 0. The van der Waals surface area contributed by atoms with Gasteiger partial charge in [0, 0.05) is 37.5 Å². The molecule has 0 aliphatic heterocycles. The summed E-state index contributed by atoms with van der Waals surface area (Å²) in [4.78, 5) is 16.4. The number of carbonyl (C=O) groups is 1. The van der Waals surface area contributed by atoms with Gasteiger partial charge in [0.05, 0.1) is 39.8 Å². The number of hydrogen-bond donors (Lipinski definition) is 0. The van der Waals surface area contributed by atoms with E-state index >= 15 is 0 Å². The van der Waals surface area contributed by atoms with Crippen LogP contribution in [-0.2, 0) is 17.9 Å². The number of benzene rings is 2. The highest BCUT2D eigenvalue weighted by Crippen LogP contribution is 2.40. The highest BCUT2D eigenvalue weighted by atomic mass is 16.5. The van der Waals surface area contributed by atoms with Gasteiger partial charge in [-0.25, -0.2) is 4.68 Å². The van der Waals surface area contributed by atoms with Crippen LogP contribution in [0.5, 0.6) is 17.2 Å². The van der Waals surface area contributed by atoms with E-state index in [4.69, 9.17) is 14.2 Å². The molecule has 0 bridgehead atoms. The van der Waals surface area contributed by atoms with Gasteiger partial charge in [-0.05, 0) is 25.2 Å². The van der Waals surface area contributed by atoms with Crippen LogP contribution in [0.3, 0.4) is 0 Å². The fraction of sp³-hybridized carbons (Fsp3) is 0.333. The predicted octanol–water partition coefficient (Wildman–Crippen LogP) is 2.99. The van der Waals surface area contributed by atoms with Crippen LogP contribution in [-0.4, -0.2) is 67.5 Å². The number of rotatable bonds is 10. The predicted molar refractivity (Wildman–Crippen MR) is 122 cm³/mol. The Morgan fingerprint density at radius 2 is 1.66 bits per heavy atom. The molecule has 0 aliphatic carbocycles. The molecule has 8 heteroatoms. The molecule has 0 fully saturated rings. The normalized spacial score (nSPS) is 10.8. The summed E-state index contributed by atoms with van der Waals surface area (Å²) in [5.74, 6) is 1.76. The van der Waals surface area contributed by atoms with E-state index in [1.54, 1.807) is 39.5 Å². The first kappa shape index (κ1) is 23.1. The van der Waals surface area contributed by atoms with Crippen LogP contribution in [0.15, 0.2) is 54.9 Å². The van der Waals surface area contributed by atoms with Gasteiger partial charge in [0.25, 0.3) is 0 Å². The number of hydrogen-bond acceptors (Lipinski definition) is 6. The van der Waals surface area contributed by atoms with Crippen molar-refractivity contribution >= 4 is 5.91 Å². The van der Waals surface area contributed by atoms with E-state index < -0.39 is 0 Å². The molecular formula is C24H30N4O4. The molecule has 0 aliphatic rings. The Kier molecular flexibility index (Phi) is 7.72. The third-order valence-electron chi connectivity index (χ3n) is 5.13. The summed E-state index contributed by atoms with van der Waals surface area (Å²) < 4.78 is 18.1. The number of amides is 1. The van der Waals surface area contributed by atoms with Crippen LogP contribution in [0.25, 0.3) is 5.69 Å². The number of methoxy groups -OCH3 is 3. The first-order chi connectivity index (χ1) is 15.5. The van der Waals surface area contributed by atoms with Gasteiger partial charge in [0.15, 0.2) is 11.5 Å². The van der Waals surface area contributed by atoms with E-state index in [1.165, 1.54) is 0 Å². The summed E-state index contributed by atoms with van der Waals surface area (Å²) in [6.07, 6.45) is 3.73. The van der Waals surface area contributed by atoms with Crippen molar-refractivity contribution in [2.24, 2.45) is 0 Å². The average Bonchev–Trinajstić information content (AvgIpc) is 3.27. The van der Waals surface area contributed by atoms with E-state index in [0.29, 0.717) is 30.3 Å². The number of nitrogens with zero attached hydrogens (tertiary/aromatic N) is 4. The summed E-state index contributed by atoms with van der Waals surface area (Å²) in [7, 11) is 8.45. The Morgan fingerprint density at radius 3 is 2.31 bits per heavy atom. The molecule has 0 saturated heterocycles. The standard InChI is InChI=1S/C24H30N4O4/c1-26(16-19-11-12-21(30-3)24(32-5)23(19)31-4)17-22(29)27(2)14-18-13-25-28(15-18)20-9-7-6-8-10-20/h6-13,15H,14,16-17H2,1-5H3. The molecule has 0 unspecified atom stereocenters.